The Labute approximate surface area is 118 Å². The summed E-state index contributed by atoms with van der Waals surface area (Å²) in [6.45, 7) is 3.71. The SMILES string of the molecule is COc1ccc(NC(=O)NCC(C(=O)O)C(C)C)cc1. The number of rotatable bonds is 6. The van der Waals surface area contributed by atoms with Crippen molar-refractivity contribution in [3.8, 4) is 5.75 Å². The van der Waals surface area contributed by atoms with Crippen molar-refractivity contribution >= 4 is 17.7 Å². The van der Waals surface area contributed by atoms with E-state index in [1.807, 2.05) is 13.8 Å². The predicted octanol–water partition coefficient (Wildman–Crippen LogP) is 2.17. The third-order valence-corrected chi connectivity index (χ3v) is 2.95. The molecule has 0 aliphatic carbocycles. The van der Waals surface area contributed by atoms with Crippen molar-refractivity contribution < 1.29 is 19.4 Å². The number of aliphatic carboxylic acids is 1. The van der Waals surface area contributed by atoms with Crippen molar-refractivity contribution in [1.82, 2.24) is 5.32 Å². The van der Waals surface area contributed by atoms with Crippen LogP contribution in [0.15, 0.2) is 24.3 Å². The largest absolute Gasteiger partial charge is 0.497 e. The second-order valence-electron chi connectivity index (χ2n) is 4.75. The number of urea groups is 1. The Kier molecular flexibility index (Phi) is 5.83. The fraction of sp³-hybridized carbons (Fsp3) is 0.429. The summed E-state index contributed by atoms with van der Waals surface area (Å²) < 4.78 is 5.01. The van der Waals surface area contributed by atoms with E-state index in [0.717, 1.165) is 0 Å². The maximum absolute atomic E-state index is 11.7. The Bertz CT molecular complexity index is 457. The maximum atomic E-state index is 11.7. The summed E-state index contributed by atoms with van der Waals surface area (Å²) in [4.78, 5) is 22.7. The number of amides is 2. The molecule has 1 atom stereocenters. The maximum Gasteiger partial charge on any atom is 0.319 e. The molecule has 3 N–H and O–H groups in total. The highest BCUT2D eigenvalue weighted by molar-refractivity contribution is 5.89. The molecule has 0 saturated heterocycles. The minimum absolute atomic E-state index is 0.0474. The van der Waals surface area contributed by atoms with Crippen molar-refractivity contribution in [1.29, 1.82) is 0 Å². The molecular weight excluding hydrogens is 260 g/mol. The molecule has 6 heteroatoms. The summed E-state index contributed by atoms with van der Waals surface area (Å²) in [5, 5.41) is 14.2. The van der Waals surface area contributed by atoms with Gasteiger partial charge in [-0.2, -0.15) is 0 Å². The Hall–Kier alpha value is -2.24. The summed E-state index contributed by atoms with van der Waals surface area (Å²) in [5.74, 6) is -0.864. The van der Waals surface area contributed by atoms with Gasteiger partial charge in [-0.3, -0.25) is 4.79 Å². The van der Waals surface area contributed by atoms with E-state index >= 15 is 0 Å². The van der Waals surface area contributed by atoms with Crippen LogP contribution in [-0.4, -0.2) is 30.8 Å². The van der Waals surface area contributed by atoms with Gasteiger partial charge in [0.1, 0.15) is 5.75 Å². The van der Waals surface area contributed by atoms with Gasteiger partial charge < -0.3 is 20.5 Å². The summed E-state index contributed by atoms with van der Waals surface area (Å²) in [7, 11) is 1.56. The number of carboxylic acids is 1. The molecule has 0 heterocycles. The number of carboxylic acid groups (broad SMARTS) is 1. The van der Waals surface area contributed by atoms with Crippen molar-refractivity contribution in [2.24, 2.45) is 11.8 Å². The molecule has 110 valence electrons. The number of carbonyl (C=O) groups is 2. The van der Waals surface area contributed by atoms with Gasteiger partial charge in [-0.15, -0.1) is 0 Å². The van der Waals surface area contributed by atoms with E-state index in [4.69, 9.17) is 9.84 Å². The Morgan fingerprint density at radius 1 is 1.25 bits per heavy atom. The molecule has 1 aromatic rings. The van der Waals surface area contributed by atoms with Crippen molar-refractivity contribution in [3.63, 3.8) is 0 Å². The monoisotopic (exact) mass is 280 g/mol. The van der Waals surface area contributed by atoms with Gasteiger partial charge in [-0.05, 0) is 30.2 Å². The number of methoxy groups -OCH3 is 1. The lowest BCUT2D eigenvalue weighted by atomic mass is 9.96. The number of hydrogen-bond donors (Lipinski definition) is 3. The number of carbonyl (C=O) groups excluding carboxylic acids is 1. The van der Waals surface area contributed by atoms with Crippen LogP contribution in [0.3, 0.4) is 0 Å². The number of hydrogen-bond acceptors (Lipinski definition) is 3. The summed E-state index contributed by atoms with van der Waals surface area (Å²) in [6.07, 6.45) is 0. The van der Waals surface area contributed by atoms with Crippen LogP contribution in [0.5, 0.6) is 5.75 Å². The Morgan fingerprint density at radius 3 is 2.30 bits per heavy atom. The fourth-order valence-corrected chi connectivity index (χ4v) is 1.66. The first-order chi connectivity index (χ1) is 9.43. The number of benzene rings is 1. The molecule has 1 unspecified atom stereocenters. The highest BCUT2D eigenvalue weighted by Crippen LogP contribution is 2.15. The lowest BCUT2D eigenvalue weighted by Gasteiger charge is -2.17. The quantitative estimate of drug-likeness (QED) is 0.745. The molecule has 0 saturated carbocycles. The van der Waals surface area contributed by atoms with E-state index < -0.39 is 17.9 Å². The van der Waals surface area contributed by atoms with Crippen LogP contribution in [-0.2, 0) is 4.79 Å². The molecule has 0 aliphatic rings. The zero-order valence-electron chi connectivity index (χ0n) is 11.8. The van der Waals surface area contributed by atoms with Crippen LogP contribution in [0, 0.1) is 11.8 Å². The summed E-state index contributed by atoms with van der Waals surface area (Å²) >= 11 is 0. The molecule has 0 radical (unpaired) electrons. The van der Waals surface area contributed by atoms with Crippen LogP contribution < -0.4 is 15.4 Å². The lowest BCUT2D eigenvalue weighted by Crippen LogP contribution is -2.37. The molecule has 0 aromatic heterocycles. The molecule has 0 fully saturated rings. The smallest absolute Gasteiger partial charge is 0.319 e. The Balaban J connectivity index is 2.48. The molecular formula is C14H20N2O4. The first-order valence-corrected chi connectivity index (χ1v) is 6.35. The summed E-state index contributed by atoms with van der Waals surface area (Å²) in [6, 6.07) is 6.43. The summed E-state index contributed by atoms with van der Waals surface area (Å²) in [5.41, 5.74) is 0.611. The third-order valence-electron chi connectivity index (χ3n) is 2.95. The zero-order chi connectivity index (χ0) is 15.1. The van der Waals surface area contributed by atoms with Crippen molar-refractivity contribution in [2.75, 3.05) is 19.0 Å². The number of nitrogens with one attached hydrogen (secondary N) is 2. The van der Waals surface area contributed by atoms with Gasteiger partial charge >= 0.3 is 12.0 Å². The van der Waals surface area contributed by atoms with E-state index in [1.165, 1.54) is 0 Å². The molecule has 0 bridgehead atoms. The van der Waals surface area contributed by atoms with Gasteiger partial charge in [0.05, 0.1) is 13.0 Å². The van der Waals surface area contributed by atoms with E-state index in [9.17, 15) is 9.59 Å². The minimum atomic E-state index is -0.912. The lowest BCUT2D eigenvalue weighted by molar-refractivity contribution is -0.142. The van der Waals surface area contributed by atoms with E-state index in [2.05, 4.69) is 10.6 Å². The predicted molar refractivity (Wildman–Crippen MR) is 76.0 cm³/mol. The van der Waals surface area contributed by atoms with Crippen LogP contribution in [0.4, 0.5) is 10.5 Å². The fourth-order valence-electron chi connectivity index (χ4n) is 1.66. The van der Waals surface area contributed by atoms with Gasteiger partial charge in [0, 0.05) is 12.2 Å². The van der Waals surface area contributed by atoms with Gasteiger partial charge in [0.25, 0.3) is 0 Å². The molecule has 2 amide bonds. The average Bonchev–Trinajstić information content (AvgIpc) is 2.39. The van der Waals surface area contributed by atoms with Crippen LogP contribution in [0.2, 0.25) is 0 Å². The molecule has 1 rings (SSSR count). The first kappa shape index (κ1) is 15.8. The standard InChI is InChI=1S/C14H20N2O4/c1-9(2)12(13(17)18)8-15-14(19)16-10-4-6-11(20-3)7-5-10/h4-7,9,12H,8H2,1-3H3,(H,17,18)(H2,15,16,19). The van der Waals surface area contributed by atoms with Crippen LogP contribution >= 0.6 is 0 Å². The third kappa shape index (κ3) is 4.79. The van der Waals surface area contributed by atoms with E-state index in [-0.39, 0.29) is 12.5 Å². The van der Waals surface area contributed by atoms with E-state index in [0.29, 0.717) is 11.4 Å². The van der Waals surface area contributed by atoms with Crippen LogP contribution in [0.1, 0.15) is 13.8 Å². The molecule has 1 aromatic carbocycles. The van der Waals surface area contributed by atoms with Gasteiger partial charge in [0.15, 0.2) is 0 Å². The molecule has 0 aliphatic heterocycles. The van der Waals surface area contributed by atoms with Crippen molar-refractivity contribution in [3.05, 3.63) is 24.3 Å². The van der Waals surface area contributed by atoms with Gasteiger partial charge in [0.2, 0.25) is 0 Å². The molecule has 20 heavy (non-hydrogen) atoms. The Morgan fingerprint density at radius 2 is 1.85 bits per heavy atom. The first-order valence-electron chi connectivity index (χ1n) is 6.35. The van der Waals surface area contributed by atoms with Crippen molar-refractivity contribution in [2.45, 2.75) is 13.8 Å². The van der Waals surface area contributed by atoms with E-state index in [1.54, 1.807) is 31.4 Å². The highest BCUT2D eigenvalue weighted by atomic mass is 16.5. The number of anilines is 1. The van der Waals surface area contributed by atoms with Crippen LogP contribution in [0.25, 0.3) is 0 Å². The second kappa shape index (κ2) is 7.37. The zero-order valence-corrected chi connectivity index (χ0v) is 11.8. The average molecular weight is 280 g/mol. The number of ether oxygens (including phenoxy) is 1. The topological polar surface area (TPSA) is 87.7 Å². The normalized spacial score (nSPS) is 11.8. The van der Waals surface area contributed by atoms with Gasteiger partial charge in [-0.25, -0.2) is 4.79 Å². The van der Waals surface area contributed by atoms with Gasteiger partial charge in [-0.1, -0.05) is 13.8 Å². The molecule has 0 spiro atoms. The molecule has 6 nitrogen and oxygen atoms in total. The highest BCUT2D eigenvalue weighted by Gasteiger charge is 2.21. The minimum Gasteiger partial charge on any atom is -0.497 e. The second-order valence-corrected chi connectivity index (χ2v) is 4.75.